The molecule has 1 saturated carbocycles. The zero-order valence-electron chi connectivity index (χ0n) is 18.7. The fourth-order valence-corrected chi connectivity index (χ4v) is 5.79. The van der Waals surface area contributed by atoms with Crippen molar-refractivity contribution in [3.63, 3.8) is 0 Å². The zero-order valence-corrected chi connectivity index (χ0v) is 18.7. The molecule has 0 radical (unpaired) electrons. The molecule has 3 aliphatic rings. The molecule has 7 nitrogen and oxygen atoms in total. The van der Waals surface area contributed by atoms with Crippen molar-refractivity contribution in [3.8, 4) is 0 Å². The molecule has 2 aromatic heterocycles. The molecule has 3 fully saturated rings. The number of hydrogen-bond acceptors (Lipinski definition) is 5. The molecule has 180 valence electrons. The van der Waals surface area contributed by atoms with Gasteiger partial charge >= 0.3 is 11.9 Å². The van der Waals surface area contributed by atoms with Crippen LogP contribution in [0.1, 0.15) is 49.3 Å². The summed E-state index contributed by atoms with van der Waals surface area (Å²) in [6, 6.07) is 0.921. The molecule has 3 unspecified atom stereocenters. The van der Waals surface area contributed by atoms with Crippen molar-refractivity contribution in [3.05, 3.63) is 46.7 Å². The van der Waals surface area contributed by atoms with E-state index in [-0.39, 0.29) is 28.7 Å². The highest BCUT2D eigenvalue weighted by Crippen LogP contribution is 2.49. The first kappa shape index (κ1) is 22.6. The Balaban J connectivity index is 1.46. The maximum atomic E-state index is 13.7. The predicted octanol–water partition coefficient (Wildman–Crippen LogP) is 3.22. The zero-order chi connectivity index (χ0) is 23.4. The molecule has 10 heteroatoms. The number of halogens is 3. The molecule has 1 aliphatic carbocycles. The number of nitrogens with one attached hydrogen (secondary N) is 2. The Morgan fingerprint density at radius 1 is 1.30 bits per heavy atom. The van der Waals surface area contributed by atoms with Gasteiger partial charge in [0.25, 0.3) is 0 Å². The third kappa shape index (κ3) is 3.92. The number of imidazole rings is 1. The van der Waals surface area contributed by atoms with Crippen LogP contribution in [0.25, 0.3) is 11.6 Å². The SMILES string of the molecule is C=Cc1cc(C(F)(F)F)c2cn(C3CCCC(C4(CC5NNCN5C)COC4)C3)c(=O)n2c1. The number of ether oxygens (including phenoxy) is 1. The highest BCUT2D eigenvalue weighted by molar-refractivity contribution is 5.60. The lowest BCUT2D eigenvalue weighted by Gasteiger charge is -2.51. The molecule has 2 saturated heterocycles. The molecule has 2 N–H and O–H groups in total. The van der Waals surface area contributed by atoms with E-state index in [1.54, 1.807) is 0 Å². The lowest BCUT2D eigenvalue weighted by atomic mass is 9.64. The van der Waals surface area contributed by atoms with Gasteiger partial charge in [0.1, 0.15) is 0 Å². The van der Waals surface area contributed by atoms with Crippen LogP contribution in [0, 0.1) is 11.3 Å². The minimum Gasteiger partial charge on any atom is -0.380 e. The fourth-order valence-electron chi connectivity index (χ4n) is 5.79. The average molecular weight is 466 g/mol. The largest absolute Gasteiger partial charge is 0.418 e. The van der Waals surface area contributed by atoms with E-state index in [1.165, 1.54) is 23.0 Å². The molecule has 0 bridgehead atoms. The Morgan fingerprint density at radius 2 is 2.09 bits per heavy atom. The summed E-state index contributed by atoms with van der Waals surface area (Å²) in [4.78, 5) is 15.4. The van der Waals surface area contributed by atoms with Crippen LogP contribution in [0.3, 0.4) is 0 Å². The second kappa shape index (κ2) is 8.26. The fraction of sp³-hybridized carbons (Fsp3) is 0.609. The number of pyridine rings is 1. The van der Waals surface area contributed by atoms with Crippen molar-refractivity contribution in [1.29, 1.82) is 0 Å². The second-order valence-electron chi connectivity index (χ2n) is 9.79. The van der Waals surface area contributed by atoms with Gasteiger partial charge in [-0.15, -0.1) is 0 Å². The smallest absolute Gasteiger partial charge is 0.380 e. The van der Waals surface area contributed by atoms with Gasteiger partial charge in [-0.25, -0.2) is 15.6 Å². The van der Waals surface area contributed by atoms with Crippen LogP contribution in [-0.2, 0) is 10.9 Å². The van der Waals surface area contributed by atoms with Crippen molar-refractivity contribution < 1.29 is 17.9 Å². The highest BCUT2D eigenvalue weighted by Gasteiger charge is 2.49. The molecule has 3 atom stereocenters. The quantitative estimate of drug-likeness (QED) is 0.710. The number of alkyl halides is 3. The van der Waals surface area contributed by atoms with Gasteiger partial charge in [-0.1, -0.05) is 19.1 Å². The molecule has 0 amide bonds. The van der Waals surface area contributed by atoms with Gasteiger partial charge in [-0.05, 0) is 50.3 Å². The highest BCUT2D eigenvalue weighted by atomic mass is 19.4. The Hall–Kier alpha value is -2.14. The van der Waals surface area contributed by atoms with Gasteiger partial charge in [-0.3, -0.25) is 13.9 Å². The predicted molar refractivity (Wildman–Crippen MR) is 118 cm³/mol. The maximum absolute atomic E-state index is 13.7. The van der Waals surface area contributed by atoms with Gasteiger partial charge in [0, 0.05) is 23.9 Å². The van der Waals surface area contributed by atoms with Crippen LogP contribution >= 0.6 is 0 Å². The first-order chi connectivity index (χ1) is 15.7. The van der Waals surface area contributed by atoms with Gasteiger partial charge in [0.15, 0.2) is 0 Å². The van der Waals surface area contributed by atoms with Crippen molar-refractivity contribution in [2.75, 3.05) is 26.9 Å². The minimum absolute atomic E-state index is 0.0204. The second-order valence-corrected chi connectivity index (χ2v) is 9.79. The van der Waals surface area contributed by atoms with Crippen molar-refractivity contribution in [1.82, 2.24) is 24.7 Å². The van der Waals surface area contributed by atoms with Crippen LogP contribution < -0.4 is 16.5 Å². The Labute approximate surface area is 190 Å². The first-order valence-corrected chi connectivity index (χ1v) is 11.4. The molecule has 0 aromatic carbocycles. The summed E-state index contributed by atoms with van der Waals surface area (Å²) in [5.41, 5.74) is 5.43. The molecule has 2 aromatic rings. The monoisotopic (exact) mass is 465 g/mol. The van der Waals surface area contributed by atoms with Crippen molar-refractivity contribution in [2.24, 2.45) is 11.3 Å². The molecule has 2 aliphatic heterocycles. The lowest BCUT2D eigenvalue weighted by molar-refractivity contribution is -0.167. The third-order valence-corrected chi connectivity index (χ3v) is 7.77. The van der Waals surface area contributed by atoms with Gasteiger partial charge in [-0.2, -0.15) is 13.2 Å². The van der Waals surface area contributed by atoms with Gasteiger partial charge < -0.3 is 4.74 Å². The van der Waals surface area contributed by atoms with E-state index in [4.69, 9.17) is 4.74 Å². The summed E-state index contributed by atoms with van der Waals surface area (Å²) < 4.78 is 49.5. The standard InChI is InChI=1S/C23H30F3N5O2/c1-3-15-7-18(23(24,25)26)19-11-30(21(32)31(19)10-15)17-6-4-5-16(8-17)22(12-33-13-22)9-20-28-27-14-29(20)2/h3,7,10-11,16-17,20,27-28H,1,4-6,8-9,12-14H2,2H3. The number of fused-ring (bicyclic) bond motifs is 1. The summed E-state index contributed by atoms with van der Waals surface area (Å²) in [5.74, 6) is 0.349. The minimum atomic E-state index is -4.56. The Kier molecular flexibility index (Phi) is 5.67. The molecule has 33 heavy (non-hydrogen) atoms. The van der Waals surface area contributed by atoms with Gasteiger partial charge in [0.05, 0.1) is 37.1 Å². The van der Waals surface area contributed by atoms with E-state index in [2.05, 4.69) is 29.4 Å². The number of rotatable bonds is 5. The van der Waals surface area contributed by atoms with E-state index in [1.807, 2.05) is 0 Å². The number of nitrogens with zero attached hydrogens (tertiary/aromatic N) is 3. The van der Waals surface area contributed by atoms with E-state index in [0.29, 0.717) is 19.1 Å². The molecule has 0 spiro atoms. The first-order valence-electron chi connectivity index (χ1n) is 11.4. The summed E-state index contributed by atoms with van der Waals surface area (Å²) in [7, 11) is 2.07. The Bertz CT molecular complexity index is 1100. The Morgan fingerprint density at radius 3 is 2.70 bits per heavy atom. The molecular weight excluding hydrogens is 435 g/mol. The van der Waals surface area contributed by atoms with Crippen LogP contribution in [0.5, 0.6) is 0 Å². The topological polar surface area (TPSA) is 62.9 Å². The molecule has 5 rings (SSSR count). The number of hydrogen-bond donors (Lipinski definition) is 2. The molecule has 4 heterocycles. The van der Waals surface area contributed by atoms with Crippen LogP contribution in [-0.4, -0.2) is 47.0 Å². The van der Waals surface area contributed by atoms with Crippen molar-refractivity contribution >= 4 is 11.6 Å². The van der Waals surface area contributed by atoms with Crippen molar-refractivity contribution in [2.45, 2.75) is 50.5 Å². The van der Waals surface area contributed by atoms with E-state index < -0.39 is 17.4 Å². The van der Waals surface area contributed by atoms with Gasteiger partial charge in [0.2, 0.25) is 0 Å². The van der Waals surface area contributed by atoms with Crippen LogP contribution in [0.2, 0.25) is 0 Å². The van der Waals surface area contributed by atoms with E-state index >= 15 is 0 Å². The number of aromatic nitrogens is 2. The third-order valence-electron chi connectivity index (χ3n) is 7.77. The normalized spacial score (nSPS) is 28.2. The van der Waals surface area contributed by atoms with Crippen LogP contribution in [0.4, 0.5) is 13.2 Å². The summed E-state index contributed by atoms with van der Waals surface area (Å²) in [6.45, 7) is 5.72. The summed E-state index contributed by atoms with van der Waals surface area (Å²) >= 11 is 0. The molecular formula is C23H30F3N5O2. The summed E-state index contributed by atoms with van der Waals surface area (Å²) in [5, 5.41) is 0. The lowest BCUT2D eigenvalue weighted by Crippen LogP contribution is -2.54. The van der Waals surface area contributed by atoms with E-state index in [9.17, 15) is 18.0 Å². The maximum Gasteiger partial charge on any atom is 0.418 e. The average Bonchev–Trinajstić information content (AvgIpc) is 3.32. The van der Waals surface area contributed by atoms with Crippen LogP contribution in [0.15, 0.2) is 29.8 Å². The van der Waals surface area contributed by atoms with E-state index in [0.717, 1.165) is 49.2 Å². The number of hydrazine groups is 1. The summed E-state index contributed by atoms with van der Waals surface area (Å²) in [6.07, 6.45) is 4.27.